The molecule has 1 aliphatic heterocycles. The number of hydrogen-bond donors (Lipinski definition) is 2. The van der Waals surface area contributed by atoms with Crippen LogP contribution in [0.4, 0.5) is 0 Å². The van der Waals surface area contributed by atoms with Crippen LogP contribution < -0.4 is 5.32 Å². The van der Waals surface area contributed by atoms with Crippen LogP contribution in [0.2, 0.25) is 0 Å². The van der Waals surface area contributed by atoms with Crippen molar-refractivity contribution >= 4 is 5.91 Å². The molecular formula is C16H25N3O3. The maximum Gasteiger partial charge on any atom is 0.272 e. The minimum absolute atomic E-state index is 0.0971. The number of ether oxygens (including phenoxy) is 2. The zero-order valence-corrected chi connectivity index (χ0v) is 13.0. The predicted octanol–water partition coefficient (Wildman–Crippen LogP) is 1.60. The van der Waals surface area contributed by atoms with Crippen LogP contribution >= 0.6 is 0 Å². The molecule has 6 nitrogen and oxygen atoms in total. The maximum absolute atomic E-state index is 12.2. The second-order valence-electron chi connectivity index (χ2n) is 6.06. The molecule has 0 saturated carbocycles. The lowest BCUT2D eigenvalue weighted by atomic mass is 10.1. The van der Waals surface area contributed by atoms with E-state index in [1.807, 2.05) is 0 Å². The number of aromatic amines is 1. The van der Waals surface area contributed by atoms with Gasteiger partial charge in [0.05, 0.1) is 19.3 Å². The Morgan fingerprint density at radius 2 is 2.23 bits per heavy atom. The lowest BCUT2D eigenvalue weighted by Crippen LogP contribution is -2.29. The molecule has 0 aromatic carbocycles. The number of hydrogen-bond acceptors (Lipinski definition) is 4. The molecule has 1 atom stereocenters. The van der Waals surface area contributed by atoms with Crippen molar-refractivity contribution in [2.45, 2.75) is 51.0 Å². The summed E-state index contributed by atoms with van der Waals surface area (Å²) < 4.78 is 11.0. The maximum atomic E-state index is 12.2. The molecule has 0 bridgehead atoms. The highest BCUT2D eigenvalue weighted by Gasteiger charge is 2.20. The first-order valence-electron chi connectivity index (χ1n) is 8.38. The minimum Gasteiger partial charge on any atom is -0.377 e. The van der Waals surface area contributed by atoms with E-state index in [2.05, 4.69) is 15.5 Å². The van der Waals surface area contributed by atoms with Crippen molar-refractivity contribution < 1.29 is 14.3 Å². The average Bonchev–Trinajstić information content (AvgIpc) is 3.12. The van der Waals surface area contributed by atoms with Crippen LogP contribution in [0.3, 0.4) is 0 Å². The number of rotatable bonds is 6. The van der Waals surface area contributed by atoms with E-state index in [0.717, 1.165) is 50.0 Å². The van der Waals surface area contributed by atoms with Crippen molar-refractivity contribution in [2.75, 3.05) is 26.4 Å². The number of H-pyrrole nitrogens is 1. The van der Waals surface area contributed by atoms with Gasteiger partial charge in [-0.05, 0) is 38.5 Å². The highest BCUT2D eigenvalue weighted by Crippen LogP contribution is 2.21. The summed E-state index contributed by atoms with van der Waals surface area (Å²) in [6.45, 7) is 2.48. The van der Waals surface area contributed by atoms with Gasteiger partial charge >= 0.3 is 0 Å². The molecule has 0 radical (unpaired) electrons. The van der Waals surface area contributed by atoms with Crippen LogP contribution in [-0.4, -0.2) is 48.6 Å². The quantitative estimate of drug-likeness (QED) is 0.618. The predicted molar refractivity (Wildman–Crippen MR) is 82.0 cm³/mol. The molecule has 6 heteroatoms. The molecule has 0 spiro atoms. The van der Waals surface area contributed by atoms with Gasteiger partial charge in [-0.1, -0.05) is 6.42 Å². The van der Waals surface area contributed by atoms with E-state index >= 15 is 0 Å². The molecule has 2 heterocycles. The second-order valence-corrected chi connectivity index (χ2v) is 6.06. The molecule has 1 aromatic heterocycles. The first-order valence-corrected chi connectivity index (χ1v) is 8.38. The first-order chi connectivity index (χ1) is 10.8. The third kappa shape index (κ3) is 3.87. The molecule has 1 aliphatic carbocycles. The Kier molecular flexibility index (Phi) is 5.45. The van der Waals surface area contributed by atoms with Crippen molar-refractivity contribution in [3.8, 4) is 0 Å². The summed E-state index contributed by atoms with van der Waals surface area (Å²) in [5.74, 6) is -0.0971. The van der Waals surface area contributed by atoms with Gasteiger partial charge in [0.2, 0.25) is 0 Å². The van der Waals surface area contributed by atoms with Crippen molar-refractivity contribution in [1.29, 1.82) is 0 Å². The zero-order valence-electron chi connectivity index (χ0n) is 13.0. The summed E-state index contributed by atoms with van der Waals surface area (Å²) >= 11 is 0. The van der Waals surface area contributed by atoms with E-state index in [0.29, 0.717) is 25.5 Å². The minimum atomic E-state index is -0.0971. The van der Waals surface area contributed by atoms with E-state index in [1.54, 1.807) is 0 Å². The summed E-state index contributed by atoms with van der Waals surface area (Å²) in [5.41, 5.74) is 2.81. The second kappa shape index (κ2) is 7.74. The summed E-state index contributed by atoms with van der Waals surface area (Å²) in [6.07, 6.45) is 7.91. The van der Waals surface area contributed by atoms with Crippen LogP contribution in [0.5, 0.6) is 0 Å². The third-order valence-electron chi connectivity index (χ3n) is 4.38. The zero-order chi connectivity index (χ0) is 15.2. The molecule has 0 unspecified atom stereocenters. The number of carbonyl (C=O) groups is 1. The molecule has 2 N–H and O–H groups in total. The van der Waals surface area contributed by atoms with Gasteiger partial charge < -0.3 is 14.8 Å². The Bertz CT molecular complexity index is 495. The van der Waals surface area contributed by atoms with E-state index in [-0.39, 0.29) is 12.0 Å². The van der Waals surface area contributed by atoms with Crippen LogP contribution in [0.15, 0.2) is 0 Å². The highest BCUT2D eigenvalue weighted by molar-refractivity contribution is 5.93. The monoisotopic (exact) mass is 307 g/mol. The number of nitrogens with one attached hydrogen (secondary N) is 2. The first kappa shape index (κ1) is 15.5. The van der Waals surface area contributed by atoms with Crippen molar-refractivity contribution in [3.05, 3.63) is 17.0 Å². The van der Waals surface area contributed by atoms with Gasteiger partial charge in [0, 0.05) is 24.4 Å². The third-order valence-corrected chi connectivity index (χ3v) is 4.38. The summed E-state index contributed by atoms with van der Waals surface area (Å²) in [5, 5.41) is 10.1. The molecule has 1 saturated heterocycles. The van der Waals surface area contributed by atoms with Crippen LogP contribution in [0.25, 0.3) is 0 Å². The van der Waals surface area contributed by atoms with Gasteiger partial charge in [-0.25, -0.2) is 0 Å². The molecule has 3 rings (SSSR count). The Balaban J connectivity index is 1.41. The molecule has 122 valence electrons. The fourth-order valence-electron chi connectivity index (χ4n) is 3.16. The number of nitrogens with zero attached hydrogens (tertiary/aromatic N) is 1. The van der Waals surface area contributed by atoms with E-state index < -0.39 is 0 Å². The fourth-order valence-corrected chi connectivity index (χ4v) is 3.16. The number of aromatic nitrogens is 2. The Morgan fingerprint density at radius 1 is 1.32 bits per heavy atom. The van der Waals surface area contributed by atoms with Gasteiger partial charge in [0.15, 0.2) is 5.69 Å². The van der Waals surface area contributed by atoms with Crippen LogP contribution in [-0.2, 0) is 22.3 Å². The van der Waals surface area contributed by atoms with Crippen molar-refractivity contribution in [1.82, 2.24) is 15.5 Å². The summed E-state index contributed by atoms with van der Waals surface area (Å²) in [7, 11) is 0. The standard InChI is InChI=1S/C16H25N3O3/c20-16(17-8-10-21-11-12-5-4-9-22-12)15-13-6-2-1-3-7-14(13)18-19-15/h12H,1-11H2,(H,17,20)(H,18,19)/t12-/m1/s1. The Labute approximate surface area is 130 Å². The lowest BCUT2D eigenvalue weighted by Gasteiger charge is -2.10. The molecular weight excluding hydrogens is 282 g/mol. The topological polar surface area (TPSA) is 76.2 Å². The fraction of sp³-hybridized carbons (Fsp3) is 0.750. The molecule has 1 aromatic rings. The smallest absolute Gasteiger partial charge is 0.272 e. The van der Waals surface area contributed by atoms with Gasteiger partial charge in [-0.2, -0.15) is 5.10 Å². The molecule has 2 aliphatic rings. The molecule has 1 amide bonds. The molecule has 1 fully saturated rings. The van der Waals surface area contributed by atoms with Gasteiger partial charge in [-0.3, -0.25) is 9.89 Å². The lowest BCUT2D eigenvalue weighted by molar-refractivity contribution is 0.0183. The number of fused-ring (bicyclic) bond motifs is 1. The van der Waals surface area contributed by atoms with Crippen molar-refractivity contribution in [3.63, 3.8) is 0 Å². The summed E-state index contributed by atoms with van der Waals surface area (Å²) in [6, 6.07) is 0. The SMILES string of the molecule is O=C(NCCOC[C@H]1CCCO1)c1n[nH]c2c1CCCCC2. The van der Waals surface area contributed by atoms with Gasteiger partial charge in [0.1, 0.15) is 0 Å². The van der Waals surface area contributed by atoms with Gasteiger partial charge in [0.25, 0.3) is 5.91 Å². The largest absolute Gasteiger partial charge is 0.377 e. The van der Waals surface area contributed by atoms with Crippen LogP contribution in [0, 0.1) is 0 Å². The van der Waals surface area contributed by atoms with E-state index in [1.165, 1.54) is 12.8 Å². The number of aryl methyl sites for hydroxylation is 1. The average molecular weight is 307 g/mol. The van der Waals surface area contributed by atoms with Gasteiger partial charge in [-0.15, -0.1) is 0 Å². The summed E-state index contributed by atoms with van der Waals surface area (Å²) in [4.78, 5) is 12.2. The van der Waals surface area contributed by atoms with E-state index in [9.17, 15) is 4.79 Å². The molecule has 22 heavy (non-hydrogen) atoms. The van der Waals surface area contributed by atoms with Crippen LogP contribution in [0.1, 0.15) is 53.8 Å². The van der Waals surface area contributed by atoms with E-state index in [4.69, 9.17) is 9.47 Å². The highest BCUT2D eigenvalue weighted by atomic mass is 16.5. The Hall–Kier alpha value is -1.40. The normalized spacial score (nSPS) is 21.4. The Morgan fingerprint density at radius 3 is 3.09 bits per heavy atom. The number of amides is 1. The number of carbonyl (C=O) groups excluding carboxylic acids is 1. The van der Waals surface area contributed by atoms with Crippen molar-refractivity contribution in [2.24, 2.45) is 0 Å².